The van der Waals surface area contributed by atoms with E-state index in [0.717, 1.165) is 57.8 Å². The molecule has 0 spiro atoms. The standard InChI is InChI=1S/C70H120N2/c1-4-7-10-12-14-16-18-20-22-24-26-28-30-32-34-36-38-40-42-44-46-48-51-64-56-58-66(59-57-64)53-50-54-68(70(72)69(71)55-9-6-3)67-62-60-65(61-63-67)52-49-47-45-43-41-39-37-35-33-31-29-27-25-23-21-19-17-15-13-11-8-5-2/h44-47,56-63,68,71-72H,4-43,48-55H2,1-3H3/b46-44+,47-45+,71-69?,72-70?. The molecule has 1 unspecified atom stereocenters. The molecule has 2 N–H and O–H groups in total. The van der Waals surface area contributed by atoms with E-state index in [1.165, 1.54) is 266 Å². The van der Waals surface area contributed by atoms with Gasteiger partial charge in [0, 0.05) is 5.92 Å². The average molecular weight is 990 g/mol. The molecule has 2 nitrogen and oxygen atoms in total. The molecule has 1 atom stereocenters. The van der Waals surface area contributed by atoms with Crippen molar-refractivity contribution in [3.63, 3.8) is 0 Å². The number of unbranched alkanes of at least 4 members (excludes halogenated alkanes) is 37. The minimum atomic E-state index is -0.00217. The number of allylic oxidation sites excluding steroid dienone is 4. The van der Waals surface area contributed by atoms with Gasteiger partial charge in [-0.1, -0.05) is 318 Å². The summed E-state index contributed by atoms with van der Waals surface area (Å²) in [5.74, 6) is -0.00217. The minimum Gasteiger partial charge on any atom is -0.303 e. The predicted molar refractivity (Wildman–Crippen MR) is 325 cm³/mol. The second kappa shape index (κ2) is 50.4. The van der Waals surface area contributed by atoms with Crippen molar-refractivity contribution < 1.29 is 0 Å². The highest BCUT2D eigenvalue weighted by molar-refractivity contribution is 6.41. The number of nitrogens with one attached hydrogen (secondary N) is 2. The lowest BCUT2D eigenvalue weighted by molar-refractivity contribution is 0.525. The Morgan fingerprint density at radius 3 is 0.931 bits per heavy atom. The third-order valence-electron chi connectivity index (χ3n) is 15.8. The van der Waals surface area contributed by atoms with E-state index in [4.69, 9.17) is 10.8 Å². The fourth-order valence-corrected chi connectivity index (χ4v) is 10.8. The first-order valence-electron chi connectivity index (χ1n) is 32.2. The summed E-state index contributed by atoms with van der Waals surface area (Å²) < 4.78 is 0. The number of hydrogen-bond acceptors (Lipinski definition) is 2. The average Bonchev–Trinajstić information content (AvgIpc) is 3.40. The van der Waals surface area contributed by atoms with E-state index in [1.807, 2.05) is 0 Å². The van der Waals surface area contributed by atoms with Gasteiger partial charge in [-0.3, -0.25) is 0 Å². The molecular formula is C70H120N2. The molecule has 0 aliphatic rings. The van der Waals surface area contributed by atoms with Crippen LogP contribution in [0.25, 0.3) is 0 Å². The van der Waals surface area contributed by atoms with E-state index in [9.17, 15) is 0 Å². The third-order valence-corrected chi connectivity index (χ3v) is 15.8. The highest BCUT2D eigenvalue weighted by Crippen LogP contribution is 2.27. The zero-order valence-electron chi connectivity index (χ0n) is 48.4. The summed E-state index contributed by atoms with van der Waals surface area (Å²) >= 11 is 0. The Balaban J connectivity index is 1.54. The molecule has 0 fully saturated rings. The summed E-state index contributed by atoms with van der Waals surface area (Å²) in [5, 5.41) is 17.9. The van der Waals surface area contributed by atoms with Gasteiger partial charge in [-0.05, 0) is 106 Å². The zero-order chi connectivity index (χ0) is 51.5. The van der Waals surface area contributed by atoms with E-state index < -0.39 is 0 Å². The van der Waals surface area contributed by atoms with Crippen LogP contribution in [0.15, 0.2) is 72.8 Å². The molecule has 0 bridgehead atoms. The van der Waals surface area contributed by atoms with Crippen molar-refractivity contribution in [2.24, 2.45) is 0 Å². The Hall–Kier alpha value is -2.74. The van der Waals surface area contributed by atoms with Crippen LogP contribution in [0.3, 0.4) is 0 Å². The van der Waals surface area contributed by atoms with Crippen LogP contribution >= 0.6 is 0 Å². The molecule has 0 aliphatic heterocycles. The van der Waals surface area contributed by atoms with Gasteiger partial charge in [0.2, 0.25) is 0 Å². The first kappa shape index (κ1) is 65.4. The fourth-order valence-electron chi connectivity index (χ4n) is 10.8. The van der Waals surface area contributed by atoms with E-state index in [2.05, 4.69) is 93.6 Å². The molecule has 0 radical (unpaired) electrons. The Morgan fingerprint density at radius 2 is 0.597 bits per heavy atom. The number of rotatable bonds is 54. The first-order chi connectivity index (χ1) is 35.6. The quantitative estimate of drug-likeness (QED) is 0.0377. The van der Waals surface area contributed by atoms with Gasteiger partial charge in [0.05, 0.1) is 11.4 Å². The number of hydrogen-bond donors (Lipinski definition) is 2. The monoisotopic (exact) mass is 989 g/mol. The normalized spacial score (nSPS) is 12.2. The predicted octanol–water partition coefficient (Wildman–Crippen LogP) is 23.9. The topological polar surface area (TPSA) is 47.7 Å². The second-order valence-electron chi connectivity index (χ2n) is 22.6. The molecule has 0 aromatic heterocycles. The second-order valence-corrected chi connectivity index (χ2v) is 22.6. The Kier molecular flexibility index (Phi) is 45.8. The number of benzene rings is 2. The summed E-state index contributed by atoms with van der Waals surface area (Å²) in [6, 6.07) is 18.4. The van der Waals surface area contributed by atoms with Crippen molar-refractivity contribution in [1.29, 1.82) is 10.8 Å². The maximum atomic E-state index is 9.11. The van der Waals surface area contributed by atoms with Gasteiger partial charge in [0.1, 0.15) is 0 Å². The zero-order valence-corrected chi connectivity index (χ0v) is 48.4. The summed E-state index contributed by atoms with van der Waals surface area (Å²) in [7, 11) is 0. The SMILES string of the molecule is CCCCCCCCCCCCCCCCCCCC/C=C/CCc1ccc(CCCC(C(=N)C(=N)CCCC)c2ccc(CC/C=C/CCCCCCCCCCCCCCCCCCCC)cc2)cc1. The van der Waals surface area contributed by atoms with Crippen LogP contribution in [0.2, 0.25) is 0 Å². The molecule has 2 heteroatoms. The Bertz CT molecular complexity index is 1530. The van der Waals surface area contributed by atoms with Crippen molar-refractivity contribution in [2.45, 2.75) is 335 Å². The third kappa shape index (κ3) is 38.8. The van der Waals surface area contributed by atoms with Crippen molar-refractivity contribution in [1.82, 2.24) is 0 Å². The van der Waals surface area contributed by atoms with E-state index in [-0.39, 0.29) is 5.92 Å². The van der Waals surface area contributed by atoms with E-state index in [0.29, 0.717) is 17.8 Å². The van der Waals surface area contributed by atoms with Crippen LogP contribution in [0.5, 0.6) is 0 Å². The van der Waals surface area contributed by atoms with E-state index in [1.54, 1.807) is 0 Å². The maximum Gasteiger partial charge on any atom is 0.0596 e. The molecule has 0 amide bonds. The highest BCUT2D eigenvalue weighted by Gasteiger charge is 2.20. The molecule has 2 aromatic carbocycles. The van der Waals surface area contributed by atoms with Crippen molar-refractivity contribution >= 4 is 11.4 Å². The lowest BCUT2D eigenvalue weighted by atomic mass is 9.85. The smallest absolute Gasteiger partial charge is 0.0596 e. The van der Waals surface area contributed by atoms with Gasteiger partial charge in [-0.25, -0.2) is 0 Å². The minimum absolute atomic E-state index is 0.00217. The summed E-state index contributed by atoms with van der Waals surface area (Å²) in [6.07, 6.45) is 73.8. The fraction of sp³-hybridized carbons (Fsp3) is 0.743. The largest absolute Gasteiger partial charge is 0.303 e. The molecule has 0 saturated carbocycles. The van der Waals surface area contributed by atoms with Crippen LogP contribution in [0, 0.1) is 10.8 Å². The van der Waals surface area contributed by atoms with Gasteiger partial charge in [-0.15, -0.1) is 0 Å². The van der Waals surface area contributed by atoms with Crippen LogP contribution in [-0.4, -0.2) is 11.4 Å². The lowest BCUT2D eigenvalue weighted by Gasteiger charge is -2.20. The molecular weight excluding hydrogens is 869 g/mol. The molecule has 2 rings (SSSR count). The summed E-state index contributed by atoms with van der Waals surface area (Å²) in [4.78, 5) is 0. The Labute approximate surface area is 450 Å². The molecule has 0 heterocycles. The van der Waals surface area contributed by atoms with Crippen molar-refractivity contribution in [3.05, 3.63) is 95.1 Å². The number of aryl methyl sites for hydroxylation is 3. The van der Waals surface area contributed by atoms with E-state index >= 15 is 0 Å². The maximum absolute atomic E-state index is 9.11. The van der Waals surface area contributed by atoms with Crippen LogP contribution in [-0.2, 0) is 19.3 Å². The van der Waals surface area contributed by atoms with Gasteiger partial charge >= 0.3 is 0 Å². The lowest BCUT2D eigenvalue weighted by Crippen LogP contribution is -2.21. The van der Waals surface area contributed by atoms with Crippen molar-refractivity contribution in [3.8, 4) is 0 Å². The molecule has 72 heavy (non-hydrogen) atoms. The molecule has 410 valence electrons. The highest BCUT2D eigenvalue weighted by atomic mass is 14.5. The molecule has 0 aliphatic carbocycles. The van der Waals surface area contributed by atoms with Gasteiger partial charge in [-0.2, -0.15) is 0 Å². The van der Waals surface area contributed by atoms with Crippen LogP contribution in [0.1, 0.15) is 338 Å². The van der Waals surface area contributed by atoms with Gasteiger partial charge in [0.25, 0.3) is 0 Å². The molecule has 0 saturated heterocycles. The van der Waals surface area contributed by atoms with Gasteiger partial charge < -0.3 is 10.8 Å². The van der Waals surface area contributed by atoms with Gasteiger partial charge in [0.15, 0.2) is 0 Å². The van der Waals surface area contributed by atoms with Crippen LogP contribution < -0.4 is 0 Å². The summed E-state index contributed by atoms with van der Waals surface area (Å²) in [5.41, 5.74) is 6.45. The van der Waals surface area contributed by atoms with Crippen molar-refractivity contribution in [2.75, 3.05) is 0 Å². The Morgan fingerprint density at radius 1 is 0.319 bits per heavy atom. The molecule has 2 aromatic rings. The summed E-state index contributed by atoms with van der Waals surface area (Å²) in [6.45, 7) is 6.79. The van der Waals surface area contributed by atoms with Crippen LogP contribution in [0.4, 0.5) is 0 Å². The first-order valence-corrected chi connectivity index (χ1v) is 32.2.